The Balaban J connectivity index is 1.14. The molecule has 0 fully saturated rings. The lowest BCUT2D eigenvalue weighted by Crippen LogP contribution is -1.97. The molecular formula is C61H39N5. The lowest BCUT2D eigenvalue weighted by atomic mass is 9.83. The van der Waals surface area contributed by atoms with Gasteiger partial charge < -0.3 is 0 Å². The van der Waals surface area contributed by atoms with Gasteiger partial charge in [0.15, 0.2) is 11.6 Å². The molecule has 0 aliphatic heterocycles. The first kappa shape index (κ1) is 39.7. The maximum absolute atomic E-state index is 9.80. The van der Waals surface area contributed by atoms with Crippen LogP contribution >= 0.6 is 0 Å². The van der Waals surface area contributed by atoms with E-state index in [4.69, 9.17) is 19.9 Å². The molecule has 9 aromatic carbocycles. The second-order valence-electron chi connectivity index (χ2n) is 16.1. The van der Waals surface area contributed by atoms with Crippen LogP contribution in [-0.4, -0.2) is 19.9 Å². The third-order valence-electron chi connectivity index (χ3n) is 11.9. The van der Waals surface area contributed by atoms with Crippen molar-refractivity contribution in [2.75, 3.05) is 0 Å². The van der Waals surface area contributed by atoms with Crippen molar-refractivity contribution in [3.05, 3.63) is 242 Å². The highest BCUT2D eigenvalue weighted by Gasteiger charge is 2.21. The quantitative estimate of drug-likeness (QED) is 0.145. The molecule has 0 saturated carbocycles. The van der Waals surface area contributed by atoms with Gasteiger partial charge in [0.2, 0.25) is 0 Å². The first-order valence-corrected chi connectivity index (χ1v) is 21.9. The molecule has 2 heterocycles. The molecule has 0 saturated heterocycles. The Morgan fingerprint density at radius 3 is 1.17 bits per heavy atom. The Kier molecular flexibility index (Phi) is 10.6. The second kappa shape index (κ2) is 17.6. The lowest BCUT2D eigenvalue weighted by Gasteiger charge is -2.21. The number of aromatic nitrogens is 4. The van der Waals surface area contributed by atoms with Crippen LogP contribution in [0.3, 0.4) is 0 Å². The van der Waals surface area contributed by atoms with E-state index in [-0.39, 0.29) is 0 Å². The normalized spacial score (nSPS) is 11.0. The molecule has 0 aliphatic rings. The van der Waals surface area contributed by atoms with Gasteiger partial charge in [0, 0.05) is 33.4 Å². The zero-order valence-electron chi connectivity index (χ0n) is 35.8. The fourth-order valence-electron chi connectivity index (χ4n) is 8.70. The number of hydrogen-bond acceptors (Lipinski definition) is 5. The molecular weight excluding hydrogens is 803 g/mol. The minimum Gasteiger partial charge on any atom is -0.228 e. The van der Waals surface area contributed by atoms with Crippen LogP contribution in [0.2, 0.25) is 0 Å². The highest BCUT2D eigenvalue weighted by molar-refractivity contribution is 6.10. The molecule has 0 atom stereocenters. The van der Waals surface area contributed by atoms with Gasteiger partial charge in [-0.1, -0.05) is 194 Å². The molecule has 308 valence electrons. The fraction of sp³-hybridized carbons (Fsp3) is 0. The summed E-state index contributed by atoms with van der Waals surface area (Å²) in [6, 6.07) is 83.5. The van der Waals surface area contributed by atoms with E-state index in [1.807, 2.05) is 84.9 Å². The number of fused-ring (bicyclic) bond motifs is 1. The van der Waals surface area contributed by atoms with Gasteiger partial charge in [-0.15, -0.1) is 0 Å². The average molecular weight is 842 g/mol. The first-order chi connectivity index (χ1) is 32.6. The summed E-state index contributed by atoms with van der Waals surface area (Å²) in [5.41, 5.74) is 16.1. The molecule has 0 unspecified atom stereocenters. The van der Waals surface area contributed by atoms with Crippen LogP contribution in [0.25, 0.3) is 112 Å². The Hall–Kier alpha value is -9.11. The molecule has 5 heteroatoms. The molecule has 0 aliphatic carbocycles. The molecule has 11 rings (SSSR count). The fourth-order valence-corrected chi connectivity index (χ4v) is 8.70. The number of hydrogen-bond donors (Lipinski definition) is 0. The van der Waals surface area contributed by atoms with Gasteiger partial charge in [0.05, 0.1) is 34.4 Å². The van der Waals surface area contributed by atoms with Gasteiger partial charge in [-0.05, 0) is 86.6 Å². The van der Waals surface area contributed by atoms with Crippen molar-refractivity contribution in [1.82, 2.24) is 19.9 Å². The van der Waals surface area contributed by atoms with Crippen molar-refractivity contribution in [3.63, 3.8) is 0 Å². The Bertz CT molecular complexity index is 3450. The largest absolute Gasteiger partial charge is 0.228 e. The van der Waals surface area contributed by atoms with Crippen molar-refractivity contribution in [1.29, 1.82) is 5.26 Å². The summed E-state index contributed by atoms with van der Waals surface area (Å²) in [6.45, 7) is 0. The number of benzene rings is 9. The van der Waals surface area contributed by atoms with Crippen LogP contribution < -0.4 is 0 Å². The van der Waals surface area contributed by atoms with E-state index in [9.17, 15) is 5.26 Å². The van der Waals surface area contributed by atoms with Crippen LogP contribution in [-0.2, 0) is 0 Å². The summed E-state index contributed by atoms with van der Waals surface area (Å²) in [7, 11) is 0. The van der Waals surface area contributed by atoms with Crippen molar-refractivity contribution in [2.45, 2.75) is 0 Å². The van der Waals surface area contributed by atoms with E-state index in [2.05, 4.69) is 158 Å². The molecule has 0 amide bonds. The molecule has 0 bridgehead atoms. The molecule has 0 spiro atoms. The summed E-state index contributed by atoms with van der Waals surface area (Å²) in [5, 5.41) is 12.0. The Morgan fingerprint density at radius 1 is 0.288 bits per heavy atom. The van der Waals surface area contributed by atoms with E-state index in [0.29, 0.717) is 17.2 Å². The standard InChI is InChI=1S/C61H39N5/c62-40-41-31-33-42(34-32-41)53-37-47-25-13-14-30-52(47)58(50-28-15-26-48(35-50)56-38-54(43-17-5-1-6-18-43)63-60(65-56)45-21-9-3-10-22-45)59(53)51-29-16-27-49(36-51)57-39-55(44-19-7-2-8-20-44)64-61(66-57)46-23-11-4-12-24-46/h1-39H. The van der Waals surface area contributed by atoms with Crippen molar-refractivity contribution >= 4 is 10.8 Å². The minimum absolute atomic E-state index is 0.609. The zero-order chi connectivity index (χ0) is 44.2. The number of nitriles is 1. The lowest BCUT2D eigenvalue weighted by molar-refractivity contribution is 1.18. The van der Waals surface area contributed by atoms with Gasteiger partial charge in [0.25, 0.3) is 0 Å². The van der Waals surface area contributed by atoms with Crippen LogP contribution in [0.5, 0.6) is 0 Å². The predicted octanol–water partition coefficient (Wildman–Crippen LogP) is 15.3. The van der Waals surface area contributed by atoms with Gasteiger partial charge in [-0.2, -0.15) is 5.26 Å². The SMILES string of the molecule is N#Cc1ccc(-c2cc3ccccc3c(-c3cccc(-c4cc(-c5ccccc5)nc(-c5ccccc5)n4)c3)c2-c2cccc(-c3cc(-c4ccccc4)nc(-c4ccccc4)n3)c2)cc1. The van der Waals surface area contributed by atoms with Crippen LogP contribution in [0.4, 0.5) is 0 Å². The van der Waals surface area contributed by atoms with Crippen molar-refractivity contribution in [3.8, 4) is 107 Å². The maximum Gasteiger partial charge on any atom is 0.160 e. The third kappa shape index (κ3) is 7.92. The van der Waals surface area contributed by atoms with E-state index in [0.717, 1.165) is 100 Å². The third-order valence-corrected chi connectivity index (χ3v) is 11.9. The molecule has 66 heavy (non-hydrogen) atoms. The Labute approximate surface area is 383 Å². The van der Waals surface area contributed by atoms with Crippen molar-refractivity contribution < 1.29 is 0 Å². The summed E-state index contributed by atoms with van der Waals surface area (Å²) in [6.07, 6.45) is 0. The number of nitrogens with zero attached hydrogens (tertiary/aromatic N) is 5. The maximum atomic E-state index is 9.80. The average Bonchev–Trinajstić information content (AvgIpc) is 3.41. The number of rotatable bonds is 9. The minimum atomic E-state index is 0.609. The van der Waals surface area contributed by atoms with Gasteiger partial charge in [-0.25, -0.2) is 19.9 Å². The van der Waals surface area contributed by atoms with Gasteiger partial charge in [0.1, 0.15) is 0 Å². The van der Waals surface area contributed by atoms with E-state index < -0.39 is 0 Å². The van der Waals surface area contributed by atoms with Crippen molar-refractivity contribution in [2.24, 2.45) is 0 Å². The second-order valence-corrected chi connectivity index (χ2v) is 16.1. The molecule has 5 nitrogen and oxygen atoms in total. The molecule has 0 radical (unpaired) electrons. The monoisotopic (exact) mass is 841 g/mol. The first-order valence-electron chi connectivity index (χ1n) is 21.9. The van der Waals surface area contributed by atoms with Gasteiger partial charge in [-0.3, -0.25) is 0 Å². The summed E-state index contributed by atoms with van der Waals surface area (Å²) in [5.74, 6) is 1.33. The van der Waals surface area contributed by atoms with Gasteiger partial charge >= 0.3 is 0 Å². The summed E-state index contributed by atoms with van der Waals surface area (Å²) < 4.78 is 0. The Morgan fingerprint density at radius 2 is 0.682 bits per heavy atom. The highest BCUT2D eigenvalue weighted by Crippen LogP contribution is 2.46. The zero-order valence-corrected chi connectivity index (χ0v) is 35.8. The van der Waals surface area contributed by atoms with Crippen LogP contribution in [0, 0.1) is 11.3 Å². The predicted molar refractivity (Wildman–Crippen MR) is 269 cm³/mol. The summed E-state index contributed by atoms with van der Waals surface area (Å²) in [4.78, 5) is 20.6. The van der Waals surface area contributed by atoms with Crippen LogP contribution in [0.15, 0.2) is 237 Å². The molecule has 0 N–H and O–H groups in total. The molecule has 2 aromatic heterocycles. The highest BCUT2D eigenvalue weighted by atomic mass is 14.9. The topological polar surface area (TPSA) is 75.3 Å². The van der Waals surface area contributed by atoms with E-state index in [1.165, 1.54) is 0 Å². The van der Waals surface area contributed by atoms with E-state index >= 15 is 0 Å². The summed E-state index contributed by atoms with van der Waals surface area (Å²) >= 11 is 0. The van der Waals surface area contributed by atoms with E-state index in [1.54, 1.807) is 0 Å². The smallest absolute Gasteiger partial charge is 0.160 e. The molecule has 11 aromatic rings. The van der Waals surface area contributed by atoms with Crippen LogP contribution in [0.1, 0.15) is 5.56 Å².